The van der Waals surface area contributed by atoms with Crippen molar-refractivity contribution in [2.45, 2.75) is 37.0 Å². The van der Waals surface area contributed by atoms with Gasteiger partial charge in [0.1, 0.15) is 0 Å². The lowest BCUT2D eigenvalue weighted by atomic mass is 9.95. The van der Waals surface area contributed by atoms with Crippen LogP contribution in [0.1, 0.15) is 36.2 Å². The number of carbonyl (C=O) groups excluding carboxylic acids is 1. The van der Waals surface area contributed by atoms with Gasteiger partial charge in [0.15, 0.2) is 5.69 Å². The molecule has 6 heteroatoms. The molecule has 0 bridgehead atoms. The predicted molar refractivity (Wildman–Crippen MR) is 63.4 cm³/mol. The number of amides is 1. The van der Waals surface area contributed by atoms with E-state index in [-0.39, 0.29) is 5.91 Å². The highest BCUT2D eigenvalue weighted by atomic mass is 32.2. The van der Waals surface area contributed by atoms with Crippen LogP contribution in [-0.4, -0.2) is 38.9 Å². The Labute approximate surface area is 98.8 Å². The van der Waals surface area contributed by atoms with Crippen molar-refractivity contribution >= 4 is 17.7 Å². The second-order valence-corrected chi connectivity index (χ2v) is 5.18. The van der Waals surface area contributed by atoms with Gasteiger partial charge >= 0.3 is 0 Å². The molecule has 1 aromatic heterocycles. The summed E-state index contributed by atoms with van der Waals surface area (Å²) in [6.45, 7) is 0. The van der Waals surface area contributed by atoms with Gasteiger partial charge in [-0.3, -0.25) is 4.79 Å². The highest BCUT2D eigenvalue weighted by molar-refractivity contribution is 7.99. The molecule has 2 rings (SSSR count). The summed E-state index contributed by atoms with van der Waals surface area (Å²) in [6.07, 6.45) is 8.10. The number of nitrogens with one attached hydrogen (secondary N) is 2. The number of hydrogen-bond donors (Lipinski definition) is 2. The van der Waals surface area contributed by atoms with E-state index in [4.69, 9.17) is 0 Å². The lowest BCUT2D eigenvalue weighted by Gasteiger charge is -2.27. The Morgan fingerprint density at radius 3 is 2.81 bits per heavy atom. The van der Waals surface area contributed by atoms with Crippen molar-refractivity contribution in [3.05, 3.63) is 11.9 Å². The summed E-state index contributed by atoms with van der Waals surface area (Å²) in [7, 11) is 0. The van der Waals surface area contributed by atoms with Crippen LogP contribution in [0.3, 0.4) is 0 Å². The molecule has 2 N–H and O–H groups in total. The van der Waals surface area contributed by atoms with E-state index in [0.717, 1.165) is 18.1 Å². The quantitative estimate of drug-likeness (QED) is 0.833. The van der Waals surface area contributed by atoms with Crippen LogP contribution in [0.4, 0.5) is 0 Å². The number of H-pyrrole nitrogens is 1. The number of rotatable bonds is 3. The standard InChI is InChI=1S/C10H16N4OS/c1-16-8-4-2-7(3-5-8)12-10(15)9-6-11-14-13-9/h6-8H,2-5H2,1H3,(H,12,15)(H,11,13,14). The van der Waals surface area contributed by atoms with Crippen LogP contribution < -0.4 is 5.32 Å². The Bertz CT molecular complexity index is 333. The van der Waals surface area contributed by atoms with Crippen LogP contribution in [-0.2, 0) is 0 Å². The fourth-order valence-electron chi connectivity index (χ4n) is 2.01. The molecule has 0 aromatic carbocycles. The molecule has 1 aliphatic carbocycles. The molecule has 88 valence electrons. The number of carbonyl (C=O) groups is 1. The molecule has 0 atom stereocenters. The van der Waals surface area contributed by atoms with Crippen molar-refractivity contribution in [2.24, 2.45) is 0 Å². The summed E-state index contributed by atoms with van der Waals surface area (Å²) in [6, 6.07) is 0.299. The highest BCUT2D eigenvalue weighted by Gasteiger charge is 2.22. The average Bonchev–Trinajstić information content (AvgIpc) is 2.83. The first kappa shape index (κ1) is 11.4. The van der Waals surface area contributed by atoms with Crippen LogP contribution in [0.2, 0.25) is 0 Å². The average molecular weight is 240 g/mol. The summed E-state index contributed by atoms with van der Waals surface area (Å²) >= 11 is 1.92. The molecule has 5 nitrogen and oxygen atoms in total. The molecular weight excluding hydrogens is 224 g/mol. The molecule has 0 radical (unpaired) electrons. The van der Waals surface area contributed by atoms with Gasteiger partial charge in [-0.2, -0.15) is 27.2 Å². The molecule has 0 unspecified atom stereocenters. The van der Waals surface area contributed by atoms with Crippen LogP contribution in [0, 0.1) is 0 Å². The minimum atomic E-state index is -0.124. The number of thioether (sulfide) groups is 1. The summed E-state index contributed by atoms with van der Waals surface area (Å²) in [5.41, 5.74) is 0.368. The van der Waals surface area contributed by atoms with E-state index in [2.05, 4.69) is 27.0 Å². The zero-order valence-corrected chi connectivity index (χ0v) is 10.1. The molecule has 0 spiro atoms. The normalized spacial score (nSPS) is 25.3. The van der Waals surface area contributed by atoms with Gasteiger partial charge in [-0.1, -0.05) is 0 Å². The van der Waals surface area contributed by atoms with Crippen LogP contribution >= 0.6 is 11.8 Å². The zero-order valence-electron chi connectivity index (χ0n) is 9.27. The molecule has 1 aromatic rings. The highest BCUT2D eigenvalue weighted by Crippen LogP contribution is 2.26. The van der Waals surface area contributed by atoms with Gasteiger partial charge < -0.3 is 5.32 Å². The molecular formula is C10H16N4OS. The number of aromatic nitrogens is 3. The SMILES string of the molecule is CSC1CCC(NC(=O)c2cn[nH]n2)CC1. The summed E-state index contributed by atoms with van der Waals surface area (Å²) in [5.74, 6) is -0.124. The fourth-order valence-corrected chi connectivity index (χ4v) is 2.76. The minimum absolute atomic E-state index is 0.124. The van der Waals surface area contributed by atoms with Gasteiger partial charge in [0.05, 0.1) is 6.20 Å². The number of nitrogens with zero attached hydrogens (tertiary/aromatic N) is 2. The third-order valence-electron chi connectivity index (χ3n) is 2.99. The Morgan fingerprint density at radius 1 is 1.50 bits per heavy atom. The molecule has 1 fully saturated rings. The van der Waals surface area contributed by atoms with Gasteiger partial charge in [0.2, 0.25) is 0 Å². The summed E-state index contributed by atoms with van der Waals surface area (Å²) in [5, 5.41) is 13.6. The molecule has 1 aliphatic rings. The maximum Gasteiger partial charge on any atom is 0.273 e. The van der Waals surface area contributed by atoms with E-state index in [9.17, 15) is 4.79 Å². The van der Waals surface area contributed by atoms with Crippen molar-refractivity contribution in [1.82, 2.24) is 20.7 Å². The van der Waals surface area contributed by atoms with Gasteiger partial charge in [-0.25, -0.2) is 0 Å². The molecule has 16 heavy (non-hydrogen) atoms. The monoisotopic (exact) mass is 240 g/mol. The van der Waals surface area contributed by atoms with Gasteiger partial charge in [-0.15, -0.1) is 0 Å². The second kappa shape index (κ2) is 5.34. The minimum Gasteiger partial charge on any atom is -0.348 e. The lowest BCUT2D eigenvalue weighted by molar-refractivity contribution is 0.0923. The van der Waals surface area contributed by atoms with Crippen molar-refractivity contribution < 1.29 is 4.79 Å². The Balaban J connectivity index is 1.81. The van der Waals surface area contributed by atoms with Crippen molar-refractivity contribution in [3.63, 3.8) is 0 Å². The molecule has 0 aliphatic heterocycles. The van der Waals surface area contributed by atoms with E-state index in [1.165, 1.54) is 19.0 Å². The Morgan fingerprint density at radius 2 is 2.25 bits per heavy atom. The number of hydrogen-bond acceptors (Lipinski definition) is 4. The van der Waals surface area contributed by atoms with Crippen LogP contribution in [0.5, 0.6) is 0 Å². The topological polar surface area (TPSA) is 70.7 Å². The maximum atomic E-state index is 11.7. The lowest BCUT2D eigenvalue weighted by Crippen LogP contribution is -2.38. The Hall–Kier alpha value is -1.04. The van der Waals surface area contributed by atoms with Gasteiger partial charge in [0, 0.05) is 11.3 Å². The summed E-state index contributed by atoms with van der Waals surface area (Å²) < 4.78 is 0. The van der Waals surface area contributed by atoms with E-state index in [1.807, 2.05) is 11.8 Å². The zero-order chi connectivity index (χ0) is 11.4. The van der Waals surface area contributed by atoms with Crippen molar-refractivity contribution in [2.75, 3.05) is 6.26 Å². The predicted octanol–water partition coefficient (Wildman–Crippen LogP) is 1.21. The van der Waals surface area contributed by atoms with Gasteiger partial charge in [-0.05, 0) is 31.9 Å². The van der Waals surface area contributed by atoms with E-state index in [0.29, 0.717) is 11.7 Å². The molecule has 1 saturated carbocycles. The van der Waals surface area contributed by atoms with Crippen molar-refractivity contribution in [1.29, 1.82) is 0 Å². The smallest absolute Gasteiger partial charge is 0.273 e. The maximum absolute atomic E-state index is 11.7. The fraction of sp³-hybridized carbons (Fsp3) is 0.700. The first-order valence-electron chi connectivity index (χ1n) is 5.49. The molecule has 0 saturated heterocycles. The third-order valence-corrected chi connectivity index (χ3v) is 4.13. The van der Waals surface area contributed by atoms with E-state index < -0.39 is 0 Å². The van der Waals surface area contributed by atoms with Crippen LogP contribution in [0.25, 0.3) is 0 Å². The second-order valence-electron chi connectivity index (χ2n) is 4.04. The van der Waals surface area contributed by atoms with Gasteiger partial charge in [0.25, 0.3) is 5.91 Å². The first-order chi connectivity index (χ1) is 7.79. The number of aromatic amines is 1. The van der Waals surface area contributed by atoms with E-state index >= 15 is 0 Å². The van der Waals surface area contributed by atoms with E-state index in [1.54, 1.807) is 0 Å². The Kier molecular flexibility index (Phi) is 3.82. The van der Waals surface area contributed by atoms with Crippen LogP contribution in [0.15, 0.2) is 6.20 Å². The molecule has 1 amide bonds. The summed E-state index contributed by atoms with van der Waals surface area (Å²) in [4.78, 5) is 11.7. The third kappa shape index (κ3) is 2.75. The largest absolute Gasteiger partial charge is 0.348 e. The van der Waals surface area contributed by atoms with Crippen molar-refractivity contribution in [3.8, 4) is 0 Å². The molecule has 1 heterocycles. The first-order valence-corrected chi connectivity index (χ1v) is 6.78.